The molecule has 0 saturated heterocycles. The maximum Gasteiger partial charge on any atom is 0.406 e. The zero-order chi connectivity index (χ0) is 26.4. The van der Waals surface area contributed by atoms with Gasteiger partial charge in [-0.1, -0.05) is 6.92 Å². The smallest absolute Gasteiger partial charge is 0.382 e. The molecule has 37 heavy (non-hydrogen) atoms. The summed E-state index contributed by atoms with van der Waals surface area (Å²) in [7, 11) is 1.80. The van der Waals surface area contributed by atoms with E-state index in [-0.39, 0.29) is 22.9 Å². The predicted octanol–water partition coefficient (Wildman–Crippen LogP) is 4.99. The molecule has 4 heterocycles. The molecule has 1 saturated carbocycles. The van der Waals surface area contributed by atoms with Gasteiger partial charge in [-0.3, -0.25) is 0 Å². The molecular weight excluding hydrogens is 485 g/mol. The van der Waals surface area contributed by atoms with E-state index in [0.29, 0.717) is 34.2 Å². The molecule has 1 aliphatic carbocycles. The number of anilines is 2. The number of rotatable bonds is 7. The van der Waals surface area contributed by atoms with E-state index in [0.717, 1.165) is 43.2 Å². The van der Waals surface area contributed by atoms with E-state index in [1.54, 1.807) is 36.0 Å². The zero-order valence-electron chi connectivity index (χ0n) is 21.1. The monoisotopic (exact) mass is 516 g/mol. The van der Waals surface area contributed by atoms with Crippen LogP contribution < -0.4 is 11.1 Å². The fourth-order valence-electron chi connectivity index (χ4n) is 5.31. The van der Waals surface area contributed by atoms with Crippen LogP contribution in [0.25, 0.3) is 27.9 Å². The summed E-state index contributed by atoms with van der Waals surface area (Å²) in [6.07, 6.45) is 2.58. The highest BCUT2D eigenvalue weighted by atomic mass is 19.4. The topological polar surface area (TPSA) is 108 Å². The molecule has 3 N–H and O–H groups in total. The number of aryl methyl sites for hydroxylation is 1. The summed E-state index contributed by atoms with van der Waals surface area (Å²) >= 11 is 0. The molecule has 0 unspecified atom stereocenters. The van der Waals surface area contributed by atoms with Crippen molar-refractivity contribution in [2.45, 2.75) is 64.3 Å². The maximum atomic E-state index is 13.1. The predicted molar refractivity (Wildman–Crippen MR) is 135 cm³/mol. The number of halogens is 3. The summed E-state index contributed by atoms with van der Waals surface area (Å²) in [6, 6.07) is 5.16. The number of pyridine rings is 1. The van der Waals surface area contributed by atoms with Gasteiger partial charge in [0, 0.05) is 25.4 Å². The van der Waals surface area contributed by atoms with Gasteiger partial charge in [-0.2, -0.15) is 18.2 Å². The van der Waals surface area contributed by atoms with E-state index < -0.39 is 12.7 Å². The van der Waals surface area contributed by atoms with E-state index in [1.807, 2.05) is 0 Å². The number of aromatic nitrogens is 6. The van der Waals surface area contributed by atoms with Crippen molar-refractivity contribution in [1.82, 2.24) is 29.1 Å². The zero-order valence-corrected chi connectivity index (χ0v) is 21.1. The summed E-state index contributed by atoms with van der Waals surface area (Å²) in [4.78, 5) is 13.2. The number of nitrogens with two attached hydrogens (primary N) is 1. The van der Waals surface area contributed by atoms with Crippen molar-refractivity contribution in [1.29, 1.82) is 0 Å². The Balaban J connectivity index is 1.37. The highest BCUT2D eigenvalue weighted by molar-refractivity contribution is 5.88. The SMILES string of the molecule is CCC1(OC)CCC(CNc2nc(N)c3c(-c4ccc5nc(C)n(CC(F)(F)F)c5n4)ccn3n2)CC1. The molecule has 0 atom stereocenters. The number of imidazole rings is 1. The lowest BCUT2D eigenvalue weighted by atomic mass is 9.77. The van der Waals surface area contributed by atoms with Gasteiger partial charge in [-0.05, 0) is 63.1 Å². The molecule has 9 nitrogen and oxygen atoms in total. The molecule has 1 fully saturated rings. The standard InChI is InChI=1S/C25H31F3N8O/c1-4-24(37-3)10-7-16(8-11-24)13-30-23-33-21(29)20-17(9-12-36(20)34-23)18-5-6-19-22(32-18)35(15(2)31-19)14-25(26,27)28/h5-6,9,12,16H,4,7-8,10-11,13-14H2,1-3H3,(H3,29,30,33,34). The van der Waals surface area contributed by atoms with Crippen LogP contribution in [-0.2, 0) is 11.3 Å². The van der Waals surface area contributed by atoms with E-state index >= 15 is 0 Å². The lowest BCUT2D eigenvalue weighted by Crippen LogP contribution is -2.37. The van der Waals surface area contributed by atoms with Gasteiger partial charge in [0.2, 0.25) is 5.95 Å². The first-order valence-corrected chi connectivity index (χ1v) is 12.5. The van der Waals surface area contributed by atoms with E-state index in [9.17, 15) is 13.2 Å². The molecule has 4 aromatic heterocycles. The fraction of sp³-hybridized carbons (Fsp3) is 0.520. The molecule has 0 aliphatic heterocycles. The van der Waals surface area contributed by atoms with Gasteiger partial charge in [-0.15, -0.1) is 5.10 Å². The number of ether oxygens (including phenoxy) is 1. The van der Waals surface area contributed by atoms with E-state index in [2.05, 4.69) is 32.3 Å². The minimum absolute atomic E-state index is 0.00191. The number of nitrogens with one attached hydrogen (secondary N) is 1. The summed E-state index contributed by atoms with van der Waals surface area (Å²) in [6.45, 7) is 3.29. The summed E-state index contributed by atoms with van der Waals surface area (Å²) < 4.78 is 47.8. The van der Waals surface area contributed by atoms with Crippen molar-refractivity contribution in [2.75, 3.05) is 24.7 Å². The van der Waals surface area contributed by atoms with Crippen LogP contribution in [-0.4, -0.2) is 54.6 Å². The number of nitrogen functional groups attached to an aromatic ring is 1. The third kappa shape index (κ3) is 4.94. The Bertz CT molecular complexity index is 1410. The van der Waals surface area contributed by atoms with Crippen LogP contribution in [0, 0.1) is 12.8 Å². The highest BCUT2D eigenvalue weighted by Gasteiger charge is 2.33. The van der Waals surface area contributed by atoms with Crippen LogP contribution in [0.4, 0.5) is 24.9 Å². The van der Waals surface area contributed by atoms with Crippen molar-refractivity contribution in [2.24, 2.45) is 5.92 Å². The molecule has 0 bridgehead atoms. The second-order valence-electron chi connectivity index (χ2n) is 9.81. The summed E-state index contributed by atoms with van der Waals surface area (Å²) in [5, 5.41) is 7.87. The molecule has 1 aliphatic rings. The van der Waals surface area contributed by atoms with Gasteiger partial charge in [0.15, 0.2) is 11.5 Å². The van der Waals surface area contributed by atoms with E-state index in [4.69, 9.17) is 10.5 Å². The molecule has 0 spiro atoms. The number of nitrogens with zero attached hydrogens (tertiary/aromatic N) is 6. The third-order valence-electron chi connectivity index (χ3n) is 7.58. The normalized spacial score (nSPS) is 20.6. The first kappa shape index (κ1) is 25.2. The Morgan fingerprint density at radius 1 is 1.16 bits per heavy atom. The van der Waals surface area contributed by atoms with Crippen LogP contribution in [0.1, 0.15) is 44.9 Å². The average Bonchev–Trinajstić information content (AvgIpc) is 3.43. The Kier molecular flexibility index (Phi) is 6.47. The molecule has 12 heteroatoms. The number of fused-ring (bicyclic) bond motifs is 2. The first-order valence-electron chi connectivity index (χ1n) is 12.5. The van der Waals surface area contributed by atoms with Gasteiger partial charge in [0.1, 0.15) is 23.4 Å². The van der Waals surface area contributed by atoms with Crippen molar-refractivity contribution < 1.29 is 17.9 Å². The average molecular weight is 517 g/mol. The van der Waals surface area contributed by atoms with Crippen LogP contribution in [0.3, 0.4) is 0 Å². The second kappa shape index (κ2) is 9.47. The Labute approximate surface area is 212 Å². The second-order valence-corrected chi connectivity index (χ2v) is 9.81. The van der Waals surface area contributed by atoms with Gasteiger partial charge < -0.3 is 20.4 Å². The highest BCUT2D eigenvalue weighted by Crippen LogP contribution is 2.37. The molecular formula is C25H31F3N8O. The summed E-state index contributed by atoms with van der Waals surface area (Å²) in [5.74, 6) is 1.43. The van der Waals surface area contributed by atoms with Gasteiger partial charge in [0.05, 0.1) is 11.3 Å². The van der Waals surface area contributed by atoms with Crippen LogP contribution in [0.2, 0.25) is 0 Å². The van der Waals surface area contributed by atoms with Gasteiger partial charge >= 0.3 is 6.18 Å². The minimum atomic E-state index is -4.39. The largest absolute Gasteiger partial charge is 0.406 e. The van der Waals surface area contributed by atoms with Crippen molar-refractivity contribution in [3.05, 3.63) is 30.2 Å². The molecule has 5 rings (SSSR count). The Morgan fingerprint density at radius 2 is 1.92 bits per heavy atom. The molecule has 4 aromatic rings. The molecule has 198 valence electrons. The van der Waals surface area contributed by atoms with Crippen LogP contribution in [0.15, 0.2) is 24.4 Å². The summed E-state index contributed by atoms with van der Waals surface area (Å²) in [5.41, 5.74) is 8.53. The maximum absolute atomic E-state index is 13.1. The van der Waals surface area contributed by atoms with Crippen molar-refractivity contribution >= 4 is 28.4 Å². The molecule has 0 amide bonds. The lowest BCUT2D eigenvalue weighted by Gasteiger charge is -2.38. The molecule has 0 radical (unpaired) electrons. The minimum Gasteiger partial charge on any atom is -0.382 e. The number of hydrogen-bond donors (Lipinski definition) is 2. The third-order valence-corrected chi connectivity index (χ3v) is 7.58. The van der Waals surface area contributed by atoms with E-state index in [1.165, 1.54) is 6.92 Å². The lowest BCUT2D eigenvalue weighted by molar-refractivity contribution is -0.140. The Morgan fingerprint density at radius 3 is 2.59 bits per heavy atom. The quantitative estimate of drug-likeness (QED) is 0.356. The number of alkyl halides is 3. The number of methoxy groups -OCH3 is 1. The Hall–Kier alpha value is -3.41. The molecule has 0 aromatic carbocycles. The first-order chi connectivity index (χ1) is 17.6. The fourth-order valence-corrected chi connectivity index (χ4v) is 5.31. The van der Waals surface area contributed by atoms with Crippen molar-refractivity contribution in [3.8, 4) is 11.3 Å². The van der Waals surface area contributed by atoms with Gasteiger partial charge in [-0.25, -0.2) is 14.5 Å². The van der Waals surface area contributed by atoms with Crippen LogP contribution in [0.5, 0.6) is 0 Å². The number of hydrogen-bond acceptors (Lipinski definition) is 7. The van der Waals surface area contributed by atoms with Crippen LogP contribution >= 0.6 is 0 Å². The van der Waals surface area contributed by atoms with Crippen molar-refractivity contribution in [3.63, 3.8) is 0 Å². The van der Waals surface area contributed by atoms with Gasteiger partial charge in [0.25, 0.3) is 0 Å².